The van der Waals surface area contributed by atoms with Crippen LogP contribution in [0.15, 0.2) is 29.9 Å². The fourth-order valence-electron chi connectivity index (χ4n) is 2.59. The van der Waals surface area contributed by atoms with Crippen LogP contribution >= 0.6 is 11.3 Å². The zero-order valence-corrected chi connectivity index (χ0v) is 13.8. The Morgan fingerprint density at radius 1 is 1.22 bits per heavy atom. The maximum atomic E-state index is 12.3. The Balaban J connectivity index is 1.54. The van der Waals surface area contributed by atoms with Crippen LogP contribution in [0, 0.1) is 6.92 Å². The summed E-state index contributed by atoms with van der Waals surface area (Å²) in [5.74, 6) is 0.0455. The standard InChI is InChI=1S/C16H18N4O2S/c1-12-18-14(11-23-12)9-15(21)19-5-7-20(8-6-19)16(22)13-3-2-4-17-10-13/h2-4,10-11H,5-9H2,1H3. The molecule has 1 fully saturated rings. The van der Waals surface area contributed by atoms with Gasteiger partial charge < -0.3 is 9.80 Å². The zero-order valence-electron chi connectivity index (χ0n) is 12.9. The van der Waals surface area contributed by atoms with Gasteiger partial charge in [0.05, 0.1) is 22.7 Å². The number of thiazole rings is 1. The number of carbonyl (C=O) groups is 2. The van der Waals surface area contributed by atoms with Crippen molar-refractivity contribution in [2.45, 2.75) is 13.3 Å². The quantitative estimate of drug-likeness (QED) is 0.853. The zero-order chi connectivity index (χ0) is 16.2. The van der Waals surface area contributed by atoms with E-state index in [1.165, 1.54) is 0 Å². The normalized spacial score (nSPS) is 14.8. The second kappa shape index (κ2) is 6.87. The number of nitrogens with zero attached hydrogens (tertiary/aromatic N) is 4. The fourth-order valence-corrected chi connectivity index (χ4v) is 3.20. The second-order valence-corrected chi connectivity index (χ2v) is 6.51. The first-order valence-corrected chi connectivity index (χ1v) is 8.39. The minimum Gasteiger partial charge on any atom is -0.339 e. The Bertz CT molecular complexity index is 693. The van der Waals surface area contributed by atoms with E-state index in [4.69, 9.17) is 0 Å². The van der Waals surface area contributed by atoms with Crippen molar-refractivity contribution >= 4 is 23.2 Å². The van der Waals surface area contributed by atoms with Gasteiger partial charge in [0.1, 0.15) is 0 Å². The molecule has 0 aliphatic carbocycles. The molecule has 1 aliphatic heterocycles. The number of carbonyl (C=O) groups excluding carboxylic acids is 2. The van der Waals surface area contributed by atoms with Crippen LogP contribution in [0.25, 0.3) is 0 Å². The molecule has 120 valence electrons. The number of amides is 2. The van der Waals surface area contributed by atoms with Gasteiger partial charge in [-0.05, 0) is 19.1 Å². The molecule has 1 saturated heterocycles. The Hall–Kier alpha value is -2.28. The van der Waals surface area contributed by atoms with Crippen molar-refractivity contribution < 1.29 is 9.59 Å². The van der Waals surface area contributed by atoms with Crippen LogP contribution in [0.5, 0.6) is 0 Å². The van der Waals surface area contributed by atoms with Gasteiger partial charge in [-0.15, -0.1) is 11.3 Å². The molecule has 0 atom stereocenters. The summed E-state index contributed by atoms with van der Waals surface area (Å²) in [4.78, 5) is 36.5. The minimum atomic E-state index is -0.0275. The fraction of sp³-hybridized carbons (Fsp3) is 0.375. The average molecular weight is 330 g/mol. The van der Waals surface area contributed by atoms with E-state index >= 15 is 0 Å². The molecule has 3 rings (SSSR count). The monoisotopic (exact) mass is 330 g/mol. The van der Waals surface area contributed by atoms with Crippen LogP contribution < -0.4 is 0 Å². The topological polar surface area (TPSA) is 66.4 Å². The predicted octanol–water partition coefficient (Wildman–Crippen LogP) is 1.37. The number of hydrogen-bond acceptors (Lipinski definition) is 5. The van der Waals surface area contributed by atoms with Gasteiger partial charge in [0.15, 0.2) is 0 Å². The first-order chi connectivity index (χ1) is 11.1. The molecule has 23 heavy (non-hydrogen) atoms. The maximum absolute atomic E-state index is 12.3. The molecule has 2 aromatic rings. The Morgan fingerprint density at radius 3 is 2.57 bits per heavy atom. The molecule has 0 unspecified atom stereocenters. The van der Waals surface area contributed by atoms with Crippen LogP contribution in [0.2, 0.25) is 0 Å². The minimum absolute atomic E-state index is 0.0275. The van der Waals surface area contributed by atoms with Gasteiger partial charge in [0.2, 0.25) is 5.91 Å². The van der Waals surface area contributed by atoms with E-state index in [2.05, 4.69) is 9.97 Å². The van der Waals surface area contributed by atoms with E-state index in [9.17, 15) is 9.59 Å². The molecule has 2 aromatic heterocycles. The molecule has 0 bridgehead atoms. The van der Waals surface area contributed by atoms with Crippen LogP contribution in [-0.4, -0.2) is 57.8 Å². The van der Waals surface area contributed by atoms with Crippen LogP contribution in [0.3, 0.4) is 0 Å². The van der Waals surface area contributed by atoms with Gasteiger partial charge in [0, 0.05) is 44.0 Å². The smallest absolute Gasteiger partial charge is 0.255 e. The van der Waals surface area contributed by atoms with Crippen molar-refractivity contribution in [3.05, 3.63) is 46.2 Å². The summed E-state index contributed by atoms with van der Waals surface area (Å²) in [7, 11) is 0. The van der Waals surface area contributed by atoms with Crippen molar-refractivity contribution in [2.24, 2.45) is 0 Å². The van der Waals surface area contributed by atoms with E-state index in [1.807, 2.05) is 17.2 Å². The number of aromatic nitrogens is 2. The lowest BCUT2D eigenvalue weighted by atomic mass is 10.2. The highest BCUT2D eigenvalue weighted by atomic mass is 32.1. The number of aryl methyl sites for hydroxylation is 1. The third-order valence-electron chi connectivity index (χ3n) is 3.83. The molecule has 0 radical (unpaired) electrons. The Morgan fingerprint density at radius 2 is 1.96 bits per heavy atom. The molecule has 0 saturated carbocycles. The maximum Gasteiger partial charge on any atom is 0.255 e. The summed E-state index contributed by atoms with van der Waals surface area (Å²) >= 11 is 1.55. The largest absolute Gasteiger partial charge is 0.339 e. The van der Waals surface area contributed by atoms with Gasteiger partial charge in [-0.25, -0.2) is 4.98 Å². The van der Waals surface area contributed by atoms with E-state index < -0.39 is 0 Å². The molecule has 0 spiro atoms. The first-order valence-electron chi connectivity index (χ1n) is 7.51. The van der Waals surface area contributed by atoms with E-state index in [0.717, 1.165) is 10.7 Å². The molecule has 7 heteroatoms. The summed E-state index contributed by atoms with van der Waals surface area (Å²) in [6, 6.07) is 3.51. The van der Waals surface area contributed by atoms with Crippen molar-refractivity contribution in [1.82, 2.24) is 19.8 Å². The Kier molecular flexibility index (Phi) is 4.66. The molecule has 0 aromatic carbocycles. The lowest BCUT2D eigenvalue weighted by molar-refractivity contribution is -0.132. The third-order valence-corrected chi connectivity index (χ3v) is 4.65. The lowest BCUT2D eigenvalue weighted by Gasteiger charge is -2.34. The van der Waals surface area contributed by atoms with Gasteiger partial charge in [-0.1, -0.05) is 0 Å². The number of hydrogen-bond donors (Lipinski definition) is 0. The molecular formula is C16H18N4O2S. The van der Waals surface area contributed by atoms with Crippen molar-refractivity contribution in [3.8, 4) is 0 Å². The molecule has 2 amide bonds. The second-order valence-electron chi connectivity index (χ2n) is 5.45. The summed E-state index contributed by atoms with van der Waals surface area (Å²) in [6.45, 7) is 4.16. The first kappa shape index (κ1) is 15.6. The van der Waals surface area contributed by atoms with Crippen LogP contribution in [-0.2, 0) is 11.2 Å². The lowest BCUT2D eigenvalue weighted by Crippen LogP contribution is -2.51. The van der Waals surface area contributed by atoms with Gasteiger partial charge in [-0.2, -0.15) is 0 Å². The molecule has 3 heterocycles. The summed E-state index contributed by atoms with van der Waals surface area (Å²) in [5.41, 5.74) is 1.41. The van der Waals surface area contributed by atoms with Crippen LogP contribution in [0.1, 0.15) is 21.1 Å². The molecular weight excluding hydrogens is 312 g/mol. The molecule has 6 nitrogen and oxygen atoms in total. The summed E-state index contributed by atoms with van der Waals surface area (Å²) in [5, 5.41) is 2.90. The number of rotatable bonds is 3. The van der Waals surface area contributed by atoms with Crippen molar-refractivity contribution in [3.63, 3.8) is 0 Å². The number of pyridine rings is 1. The van der Waals surface area contributed by atoms with E-state index in [-0.39, 0.29) is 11.8 Å². The molecule has 1 aliphatic rings. The highest BCUT2D eigenvalue weighted by Gasteiger charge is 2.25. The third kappa shape index (κ3) is 3.73. The van der Waals surface area contributed by atoms with Gasteiger partial charge in [-0.3, -0.25) is 14.6 Å². The SMILES string of the molecule is Cc1nc(CC(=O)N2CCN(C(=O)c3cccnc3)CC2)cs1. The Labute approximate surface area is 138 Å². The highest BCUT2D eigenvalue weighted by molar-refractivity contribution is 7.09. The van der Waals surface area contributed by atoms with Crippen molar-refractivity contribution in [2.75, 3.05) is 26.2 Å². The predicted molar refractivity (Wildman–Crippen MR) is 87.3 cm³/mol. The van der Waals surface area contributed by atoms with Gasteiger partial charge >= 0.3 is 0 Å². The number of piperazine rings is 1. The van der Waals surface area contributed by atoms with Crippen LogP contribution in [0.4, 0.5) is 0 Å². The highest BCUT2D eigenvalue weighted by Crippen LogP contribution is 2.12. The van der Waals surface area contributed by atoms with Gasteiger partial charge in [0.25, 0.3) is 5.91 Å². The average Bonchev–Trinajstić information content (AvgIpc) is 3.00. The summed E-state index contributed by atoms with van der Waals surface area (Å²) < 4.78 is 0. The van der Waals surface area contributed by atoms with Crippen molar-refractivity contribution in [1.29, 1.82) is 0 Å². The summed E-state index contributed by atoms with van der Waals surface area (Å²) in [6.07, 6.45) is 3.55. The molecule has 0 N–H and O–H groups in total. The van der Waals surface area contributed by atoms with E-state index in [1.54, 1.807) is 40.8 Å². The van der Waals surface area contributed by atoms with E-state index in [0.29, 0.717) is 38.2 Å².